The van der Waals surface area contributed by atoms with Crippen LogP contribution in [0, 0.1) is 10.1 Å². The Balaban J connectivity index is 1.57. The smallest absolute Gasteiger partial charge is 0.270 e. The number of ether oxygens (including phenoxy) is 1. The lowest BCUT2D eigenvalue weighted by atomic mass is 10.1. The number of thiazole rings is 1. The highest BCUT2D eigenvalue weighted by atomic mass is 32.1. The molecule has 1 aliphatic rings. The van der Waals surface area contributed by atoms with Crippen LogP contribution in [0.1, 0.15) is 18.1 Å². The summed E-state index contributed by atoms with van der Waals surface area (Å²) in [4.78, 5) is 16.9. The van der Waals surface area contributed by atoms with Crippen LogP contribution in [0.4, 0.5) is 10.8 Å². The van der Waals surface area contributed by atoms with Gasteiger partial charge in [0.2, 0.25) is 0 Å². The third-order valence-electron chi connectivity index (χ3n) is 4.05. The highest BCUT2D eigenvalue weighted by Gasteiger charge is 2.28. The van der Waals surface area contributed by atoms with Gasteiger partial charge in [-0.05, 0) is 23.8 Å². The van der Waals surface area contributed by atoms with E-state index in [0.29, 0.717) is 16.9 Å². The van der Waals surface area contributed by atoms with Gasteiger partial charge in [-0.15, -0.1) is 0 Å². The van der Waals surface area contributed by atoms with E-state index in [-0.39, 0.29) is 11.8 Å². The van der Waals surface area contributed by atoms with Crippen molar-refractivity contribution in [2.75, 3.05) is 11.4 Å². The predicted molar refractivity (Wildman–Crippen MR) is 101 cm³/mol. The van der Waals surface area contributed by atoms with E-state index in [9.17, 15) is 10.1 Å². The average molecular weight is 371 g/mol. The number of hydrogen-bond donors (Lipinski definition) is 0. The molecule has 0 bridgehead atoms. The fourth-order valence-corrected chi connectivity index (χ4v) is 4.16. The van der Waals surface area contributed by atoms with Crippen molar-refractivity contribution in [2.24, 2.45) is 0 Å². The molecule has 25 heavy (non-hydrogen) atoms. The van der Waals surface area contributed by atoms with Gasteiger partial charge in [-0.25, -0.2) is 4.98 Å². The monoisotopic (exact) mass is 371 g/mol. The molecule has 8 heteroatoms. The lowest BCUT2D eigenvalue weighted by molar-refractivity contribution is -0.384. The number of anilines is 1. The van der Waals surface area contributed by atoms with Crippen molar-refractivity contribution in [3.63, 3.8) is 0 Å². The minimum absolute atomic E-state index is 0.0552. The molecule has 0 saturated carbocycles. The molecule has 0 amide bonds. The fraction of sp³-hybridized carbons (Fsp3) is 0.176. The molecule has 4 rings (SSSR count). The number of thiocarbonyl (C=S) groups is 1. The maximum absolute atomic E-state index is 10.9. The van der Waals surface area contributed by atoms with E-state index in [1.807, 2.05) is 35.2 Å². The number of hydrogen-bond acceptors (Lipinski definition) is 6. The van der Waals surface area contributed by atoms with Crippen molar-refractivity contribution in [2.45, 2.75) is 12.5 Å². The lowest BCUT2D eigenvalue weighted by Crippen LogP contribution is -2.38. The highest BCUT2D eigenvalue weighted by molar-refractivity contribution is 7.80. The van der Waals surface area contributed by atoms with E-state index in [4.69, 9.17) is 17.0 Å². The summed E-state index contributed by atoms with van der Waals surface area (Å²) < 4.78 is 6.67. The molecule has 2 heterocycles. The summed E-state index contributed by atoms with van der Waals surface area (Å²) in [6.45, 7) is 0.695. The number of aromatic nitrogens is 1. The molecule has 6 nitrogen and oxygen atoms in total. The van der Waals surface area contributed by atoms with Crippen molar-refractivity contribution in [1.82, 2.24) is 4.98 Å². The van der Waals surface area contributed by atoms with Crippen LogP contribution in [0.5, 0.6) is 0 Å². The summed E-state index contributed by atoms with van der Waals surface area (Å²) in [5.41, 5.74) is 1.88. The van der Waals surface area contributed by atoms with Gasteiger partial charge in [-0.3, -0.25) is 15.0 Å². The summed E-state index contributed by atoms with van der Waals surface area (Å²) in [5.74, 6) is 0. The average Bonchev–Trinajstić information content (AvgIpc) is 3.05. The Morgan fingerprint density at radius 3 is 2.80 bits per heavy atom. The van der Waals surface area contributed by atoms with Crippen LogP contribution in [0.2, 0.25) is 0 Å². The van der Waals surface area contributed by atoms with E-state index in [1.165, 1.54) is 23.5 Å². The summed E-state index contributed by atoms with van der Waals surface area (Å²) in [6, 6.07) is 14.6. The van der Waals surface area contributed by atoms with E-state index in [2.05, 4.69) is 4.98 Å². The number of non-ortho nitro benzene ring substituents is 1. The number of nitro benzene ring substituents is 1. The largest absolute Gasteiger partial charge is 0.462 e. The van der Waals surface area contributed by atoms with Gasteiger partial charge in [0.05, 0.1) is 15.1 Å². The molecule has 1 atom stereocenters. The molecule has 3 aromatic rings. The molecule has 0 radical (unpaired) electrons. The van der Waals surface area contributed by atoms with E-state index < -0.39 is 4.92 Å². The Kier molecular flexibility index (Phi) is 4.06. The first kappa shape index (κ1) is 15.9. The second-order valence-corrected chi connectivity index (χ2v) is 6.99. The molecular weight excluding hydrogens is 358 g/mol. The Morgan fingerprint density at radius 1 is 1.28 bits per heavy atom. The van der Waals surface area contributed by atoms with Crippen molar-refractivity contribution in [3.05, 3.63) is 64.2 Å². The van der Waals surface area contributed by atoms with Crippen LogP contribution in [-0.2, 0) is 4.74 Å². The number of nitro groups is 1. The third kappa shape index (κ3) is 3.06. The van der Waals surface area contributed by atoms with Gasteiger partial charge in [-0.2, -0.15) is 0 Å². The number of rotatable bonds is 3. The Hall–Kier alpha value is -2.58. The number of fused-ring (bicyclic) bond motifs is 1. The van der Waals surface area contributed by atoms with Crippen molar-refractivity contribution >= 4 is 49.8 Å². The molecule has 1 aliphatic heterocycles. The lowest BCUT2D eigenvalue weighted by Gasteiger charge is -2.32. The second kappa shape index (κ2) is 6.38. The van der Waals surface area contributed by atoms with Crippen LogP contribution in [0.15, 0.2) is 48.5 Å². The van der Waals surface area contributed by atoms with Crippen LogP contribution in [-0.4, -0.2) is 21.6 Å². The molecule has 0 N–H and O–H groups in total. The van der Waals surface area contributed by atoms with Crippen molar-refractivity contribution < 1.29 is 9.66 Å². The first-order valence-corrected chi connectivity index (χ1v) is 8.92. The SMILES string of the molecule is O=[N+]([O-])c1ccc2nc(N3CCC(c4ccccc4)OC3=S)sc2c1. The zero-order valence-corrected chi connectivity index (χ0v) is 14.6. The molecular formula is C17H13N3O3S2. The first-order chi connectivity index (χ1) is 12.1. The molecule has 1 unspecified atom stereocenters. The van der Waals surface area contributed by atoms with Gasteiger partial charge in [0, 0.05) is 25.1 Å². The molecule has 1 fully saturated rings. The fourth-order valence-electron chi connectivity index (χ4n) is 2.79. The van der Waals surface area contributed by atoms with Crippen LogP contribution in [0.25, 0.3) is 10.2 Å². The minimum atomic E-state index is -0.405. The minimum Gasteiger partial charge on any atom is -0.462 e. The van der Waals surface area contributed by atoms with E-state index in [0.717, 1.165) is 22.2 Å². The van der Waals surface area contributed by atoms with Gasteiger partial charge in [-0.1, -0.05) is 41.7 Å². The summed E-state index contributed by atoms with van der Waals surface area (Å²) in [6.07, 6.45) is 0.737. The van der Waals surface area contributed by atoms with Gasteiger partial charge in [0.15, 0.2) is 5.13 Å². The van der Waals surface area contributed by atoms with Gasteiger partial charge < -0.3 is 4.74 Å². The highest BCUT2D eigenvalue weighted by Crippen LogP contribution is 2.35. The Bertz CT molecular complexity index is 958. The van der Waals surface area contributed by atoms with Crippen molar-refractivity contribution in [3.8, 4) is 0 Å². The maximum atomic E-state index is 10.9. The molecule has 1 aromatic heterocycles. The molecule has 0 spiro atoms. The zero-order chi connectivity index (χ0) is 17.4. The third-order valence-corrected chi connectivity index (χ3v) is 5.41. The van der Waals surface area contributed by atoms with Crippen molar-refractivity contribution in [1.29, 1.82) is 0 Å². The number of nitrogens with zero attached hydrogens (tertiary/aromatic N) is 3. The van der Waals surface area contributed by atoms with Gasteiger partial charge >= 0.3 is 0 Å². The normalized spacial score (nSPS) is 17.5. The Labute approximate surface area is 152 Å². The summed E-state index contributed by atoms with van der Waals surface area (Å²) in [5, 5.41) is 12.0. The summed E-state index contributed by atoms with van der Waals surface area (Å²) in [7, 11) is 0. The van der Waals surface area contributed by atoms with Crippen LogP contribution in [0.3, 0.4) is 0 Å². The van der Waals surface area contributed by atoms with Crippen LogP contribution >= 0.6 is 23.6 Å². The Morgan fingerprint density at radius 2 is 2.08 bits per heavy atom. The predicted octanol–water partition coefficient (Wildman–Crippen LogP) is 4.46. The molecule has 126 valence electrons. The van der Waals surface area contributed by atoms with E-state index >= 15 is 0 Å². The maximum Gasteiger partial charge on any atom is 0.270 e. The molecule has 0 aliphatic carbocycles. The molecule has 2 aromatic carbocycles. The topological polar surface area (TPSA) is 68.5 Å². The second-order valence-electron chi connectivity index (χ2n) is 5.63. The molecule has 1 saturated heterocycles. The first-order valence-electron chi connectivity index (χ1n) is 7.70. The van der Waals surface area contributed by atoms with Gasteiger partial charge in [0.1, 0.15) is 6.10 Å². The van der Waals surface area contributed by atoms with E-state index in [1.54, 1.807) is 6.07 Å². The summed E-state index contributed by atoms with van der Waals surface area (Å²) >= 11 is 6.80. The quantitative estimate of drug-likeness (QED) is 0.385. The standard InChI is InChI=1S/C17H13N3O3S2/c21-20(22)12-6-7-13-15(10-12)25-16(18-13)19-9-8-14(23-17(19)24)11-4-2-1-3-5-11/h1-7,10,14H,8-9H2. The van der Waals surface area contributed by atoms with Gasteiger partial charge in [0.25, 0.3) is 10.9 Å². The zero-order valence-electron chi connectivity index (χ0n) is 13.0. The van der Waals surface area contributed by atoms with Crippen LogP contribution < -0.4 is 4.90 Å². The number of benzene rings is 2.